The first-order valence-electron chi connectivity index (χ1n) is 8.19. The molecule has 2 aromatic carbocycles. The van der Waals surface area contributed by atoms with Crippen LogP contribution in [-0.4, -0.2) is 27.2 Å². The van der Waals surface area contributed by atoms with Gasteiger partial charge in [0.1, 0.15) is 0 Å². The molecule has 0 fully saturated rings. The lowest BCUT2D eigenvalue weighted by atomic mass is 10.00. The van der Waals surface area contributed by atoms with Crippen LogP contribution in [0.5, 0.6) is 0 Å². The number of fused-ring (bicyclic) bond motifs is 1. The molecule has 1 aliphatic heterocycles. The van der Waals surface area contributed by atoms with Crippen molar-refractivity contribution in [3.8, 4) is 11.1 Å². The lowest BCUT2D eigenvalue weighted by molar-refractivity contribution is -0.136. The Kier molecular flexibility index (Phi) is 4.77. The highest BCUT2D eigenvalue weighted by atomic mass is 32.2. The molecule has 0 spiro atoms. The molecular weight excluding hydrogens is 336 g/mol. The van der Waals surface area contributed by atoms with Crippen molar-refractivity contribution in [2.24, 2.45) is 0 Å². The number of carbonyl (C=O) groups is 1. The van der Waals surface area contributed by atoms with E-state index in [4.69, 9.17) is 4.74 Å². The van der Waals surface area contributed by atoms with Crippen LogP contribution >= 0.6 is 0 Å². The standard InChI is InChI=1S/C20H20O4S/c1-3-14-4-6-15(7-5-14)16-8-9-19-18(12-16)13-17(20(21)24-2)10-11-25(19,22)23/h4-9,12-13H,3,10-11H2,1-2H3. The summed E-state index contributed by atoms with van der Waals surface area (Å²) >= 11 is 0. The second-order valence-corrected chi connectivity index (χ2v) is 8.11. The van der Waals surface area contributed by atoms with E-state index >= 15 is 0 Å². The first-order valence-corrected chi connectivity index (χ1v) is 9.85. The Labute approximate surface area is 148 Å². The maximum atomic E-state index is 12.5. The summed E-state index contributed by atoms with van der Waals surface area (Å²) < 4.78 is 29.8. The van der Waals surface area contributed by atoms with Crippen molar-refractivity contribution in [3.05, 3.63) is 59.2 Å². The van der Waals surface area contributed by atoms with Gasteiger partial charge in [-0.1, -0.05) is 37.3 Å². The molecule has 2 aromatic rings. The number of hydrogen-bond donors (Lipinski definition) is 0. The van der Waals surface area contributed by atoms with Gasteiger partial charge in [0.2, 0.25) is 0 Å². The summed E-state index contributed by atoms with van der Waals surface area (Å²) in [5.74, 6) is -0.577. The topological polar surface area (TPSA) is 60.4 Å². The van der Waals surface area contributed by atoms with Gasteiger partial charge in [-0.2, -0.15) is 0 Å². The van der Waals surface area contributed by atoms with Crippen LogP contribution in [0.4, 0.5) is 0 Å². The van der Waals surface area contributed by atoms with Gasteiger partial charge in [-0.05, 0) is 53.3 Å². The third-order valence-electron chi connectivity index (χ3n) is 4.46. The summed E-state index contributed by atoms with van der Waals surface area (Å²) in [6.45, 7) is 2.10. The number of aryl methyl sites for hydroxylation is 1. The van der Waals surface area contributed by atoms with Crippen molar-refractivity contribution >= 4 is 21.9 Å². The summed E-state index contributed by atoms with van der Waals surface area (Å²) in [6, 6.07) is 13.4. The predicted molar refractivity (Wildman–Crippen MR) is 97.9 cm³/mol. The average Bonchev–Trinajstić information content (AvgIpc) is 2.77. The molecule has 0 aliphatic carbocycles. The van der Waals surface area contributed by atoms with Crippen molar-refractivity contribution < 1.29 is 17.9 Å². The van der Waals surface area contributed by atoms with Gasteiger partial charge >= 0.3 is 5.97 Å². The fourth-order valence-electron chi connectivity index (χ4n) is 2.96. The molecule has 1 aliphatic rings. The fourth-order valence-corrected chi connectivity index (χ4v) is 4.42. The van der Waals surface area contributed by atoms with Gasteiger partial charge in [-0.15, -0.1) is 0 Å². The molecular formula is C20H20O4S. The van der Waals surface area contributed by atoms with Crippen molar-refractivity contribution in [1.29, 1.82) is 0 Å². The number of esters is 1. The normalized spacial score (nSPS) is 15.7. The average molecular weight is 356 g/mol. The summed E-state index contributed by atoms with van der Waals surface area (Å²) in [7, 11) is -2.12. The Balaban J connectivity index is 2.11. The minimum Gasteiger partial charge on any atom is -0.466 e. The number of hydrogen-bond acceptors (Lipinski definition) is 4. The van der Waals surface area contributed by atoms with Gasteiger partial charge in [-0.3, -0.25) is 0 Å². The highest BCUT2D eigenvalue weighted by Gasteiger charge is 2.25. The van der Waals surface area contributed by atoms with Gasteiger partial charge in [0.15, 0.2) is 9.84 Å². The largest absolute Gasteiger partial charge is 0.466 e. The third-order valence-corrected chi connectivity index (χ3v) is 6.24. The molecule has 130 valence electrons. The molecule has 5 heteroatoms. The number of benzene rings is 2. The Hall–Kier alpha value is -2.40. The molecule has 0 radical (unpaired) electrons. The van der Waals surface area contributed by atoms with E-state index < -0.39 is 15.8 Å². The zero-order valence-corrected chi connectivity index (χ0v) is 15.1. The quantitative estimate of drug-likeness (QED) is 0.788. The number of sulfone groups is 1. The van der Waals surface area contributed by atoms with Gasteiger partial charge in [0.25, 0.3) is 0 Å². The van der Waals surface area contributed by atoms with E-state index in [1.165, 1.54) is 12.7 Å². The van der Waals surface area contributed by atoms with Crippen LogP contribution in [0.3, 0.4) is 0 Å². The third kappa shape index (κ3) is 3.51. The van der Waals surface area contributed by atoms with E-state index in [2.05, 4.69) is 19.1 Å². The zero-order valence-electron chi connectivity index (χ0n) is 14.3. The molecule has 1 heterocycles. The number of ether oxygens (including phenoxy) is 1. The lowest BCUT2D eigenvalue weighted by Crippen LogP contribution is -2.09. The molecule has 0 saturated heterocycles. The van der Waals surface area contributed by atoms with E-state index in [-0.39, 0.29) is 17.1 Å². The molecule has 25 heavy (non-hydrogen) atoms. The Bertz CT molecular complexity index is 938. The molecule has 0 bridgehead atoms. The maximum Gasteiger partial charge on any atom is 0.333 e. The molecule has 4 nitrogen and oxygen atoms in total. The van der Waals surface area contributed by atoms with E-state index in [0.29, 0.717) is 11.1 Å². The van der Waals surface area contributed by atoms with Crippen LogP contribution in [-0.2, 0) is 25.8 Å². The summed E-state index contributed by atoms with van der Waals surface area (Å²) in [6.07, 6.45) is 2.76. The first-order chi connectivity index (χ1) is 11.9. The first kappa shape index (κ1) is 17.4. The van der Waals surface area contributed by atoms with Crippen LogP contribution in [0.25, 0.3) is 17.2 Å². The SMILES string of the molecule is CCc1ccc(-c2ccc3c(c2)C=C(C(=O)OC)CCS3(=O)=O)cc1. The van der Waals surface area contributed by atoms with E-state index in [1.54, 1.807) is 12.1 Å². The van der Waals surface area contributed by atoms with E-state index in [9.17, 15) is 13.2 Å². The highest BCUT2D eigenvalue weighted by Crippen LogP contribution is 2.31. The predicted octanol–water partition coefficient (Wildman–Crippen LogP) is 3.65. The van der Waals surface area contributed by atoms with Crippen molar-refractivity contribution in [2.45, 2.75) is 24.7 Å². The van der Waals surface area contributed by atoms with Gasteiger partial charge in [0.05, 0.1) is 17.8 Å². The zero-order chi connectivity index (χ0) is 18.0. The van der Waals surface area contributed by atoms with Crippen LogP contribution in [0, 0.1) is 0 Å². The van der Waals surface area contributed by atoms with Crippen LogP contribution < -0.4 is 0 Å². The van der Waals surface area contributed by atoms with Gasteiger partial charge in [-0.25, -0.2) is 13.2 Å². The second kappa shape index (κ2) is 6.84. The second-order valence-electron chi connectivity index (χ2n) is 6.03. The Morgan fingerprint density at radius 3 is 2.40 bits per heavy atom. The van der Waals surface area contributed by atoms with Crippen LogP contribution in [0.2, 0.25) is 0 Å². The van der Waals surface area contributed by atoms with Crippen molar-refractivity contribution in [3.63, 3.8) is 0 Å². The molecule has 3 rings (SSSR count). The fraction of sp³-hybridized carbons (Fsp3) is 0.250. The molecule has 0 amide bonds. The van der Waals surface area contributed by atoms with Gasteiger partial charge < -0.3 is 4.74 Å². The number of methoxy groups -OCH3 is 1. The monoisotopic (exact) mass is 356 g/mol. The molecule has 0 saturated carbocycles. The van der Waals surface area contributed by atoms with Crippen molar-refractivity contribution in [1.82, 2.24) is 0 Å². The van der Waals surface area contributed by atoms with Gasteiger partial charge in [0, 0.05) is 5.57 Å². The highest BCUT2D eigenvalue weighted by molar-refractivity contribution is 7.91. The lowest BCUT2D eigenvalue weighted by Gasteiger charge is -2.09. The molecule has 0 unspecified atom stereocenters. The Morgan fingerprint density at radius 1 is 1.08 bits per heavy atom. The van der Waals surface area contributed by atoms with Crippen LogP contribution in [0.1, 0.15) is 24.5 Å². The number of carbonyl (C=O) groups excluding carboxylic acids is 1. The molecule has 0 aromatic heterocycles. The number of rotatable bonds is 3. The molecule has 0 N–H and O–H groups in total. The minimum absolute atomic E-state index is 0.0918. The van der Waals surface area contributed by atoms with Crippen molar-refractivity contribution in [2.75, 3.05) is 12.9 Å². The maximum absolute atomic E-state index is 12.5. The molecule has 0 atom stereocenters. The smallest absolute Gasteiger partial charge is 0.333 e. The van der Waals surface area contributed by atoms with Crippen LogP contribution in [0.15, 0.2) is 52.9 Å². The van der Waals surface area contributed by atoms with E-state index in [1.807, 2.05) is 24.3 Å². The minimum atomic E-state index is -3.42. The van der Waals surface area contributed by atoms with E-state index in [0.717, 1.165) is 17.5 Å². The summed E-state index contributed by atoms with van der Waals surface area (Å²) in [5.41, 5.74) is 4.08. The summed E-state index contributed by atoms with van der Waals surface area (Å²) in [4.78, 5) is 12.1. The Morgan fingerprint density at radius 2 is 1.76 bits per heavy atom. The summed E-state index contributed by atoms with van der Waals surface area (Å²) in [5, 5.41) is 0.